The third kappa shape index (κ3) is 2.74. The van der Waals surface area contributed by atoms with Gasteiger partial charge in [0.25, 0.3) is 5.91 Å². The molecule has 120 valence electrons. The number of hydrogen-bond donors (Lipinski definition) is 1. The summed E-state index contributed by atoms with van der Waals surface area (Å²) in [7, 11) is 0. The number of benzene rings is 2. The number of aryl methyl sites for hydroxylation is 3. The molecule has 0 saturated heterocycles. The summed E-state index contributed by atoms with van der Waals surface area (Å²) >= 11 is 0. The lowest BCUT2D eigenvalue weighted by molar-refractivity contribution is 0.102. The molecule has 0 aliphatic heterocycles. The fourth-order valence-corrected chi connectivity index (χ4v) is 2.85. The number of anilines is 1. The van der Waals surface area contributed by atoms with E-state index in [-0.39, 0.29) is 5.91 Å². The van der Waals surface area contributed by atoms with Gasteiger partial charge in [-0.05, 0) is 50.6 Å². The molecule has 0 unspecified atom stereocenters. The van der Waals surface area contributed by atoms with Crippen molar-refractivity contribution < 1.29 is 4.79 Å². The second-order valence-corrected chi connectivity index (χ2v) is 5.77. The number of nitrogens with zero attached hydrogens (tertiary/aromatic N) is 3. The van der Waals surface area contributed by atoms with E-state index in [1.807, 2.05) is 49.6 Å². The standard InChI is InChI=1S/C19H18N4O/c1-4-23-17-8-6-14(11-20)10-16(17)21-19(23)22-18(24)15-7-5-12(2)9-13(15)3/h5-10H,4H2,1-3H3,(H,21,22,24). The summed E-state index contributed by atoms with van der Waals surface area (Å²) in [6.07, 6.45) is 0. The lowest BCUT2D eigenvalue weighted by Crippen LogP contribution is -2.17. The second kappa shape index (κ2) is 6.17. The molecule has 1 N–H and O–H groups in total. The molecular weight excluding hydrogens is 300 g/mol. The number of nitriles is 1. The van der Waals surface area contributed by atoms with Crippen molar-refractivity contribution in [1.29, 1.82) is 5.26 Å². The third-order valence-corrected chi connectivity index (χ3v) is 4.05. The Morgan fingerprint density at radius 1 is 1.25 bits per heavy atom. The van der Waals surface area contributed by atoms with Crippen LogP contribution >= 0.6 is 0 Å². The lowest BCUT2D eigenvalue weighted by Gasteiger charge is -2.09. The van der Waals surface area contributed by atoms with E-state index in [9.17, 15) is 4.79 Å². The summed E-state index contributed by atoms with van der Waals surface area (Å²) in [5.74, 6) is 0.311. The SMILES string of the molecule is CCn1c(NC(=O)c2ccc(C)cc2C)nc2cc(C#N)ccc21. The Bertz CT molecular complexity index is 979. The normalized spacial score (nSPS) is 10.6. The Morgan fingerprint density at radius 2 is 2.04 bits per heavy atom. The summed E-state index contributed by atoms with van der Waals surface area (Å²) in [4.78, 5) is 17.1. The van der Waals surface area contributed by atoms with E-state index in [4.69, 9.17) is 5.26 Å². The highest BCUT2D eigenvalue weighted by molar-refractivity contribution is 6.05. The first kappa shape index (κ1) is 15.8. The molecule has 3 aromatic rings. The van der Waals surface area contributed by atoms with Gasteiger partial charge in [0.15, 0.2) is 0 Å². The van der Waals surface area contributed by atoms with Crippen LogP contribution in [0.15, 0.2) is 36.4 Å². The van der Waals surface area contributed by atoms with E-state index in [0.717, 1.165) is 16.6 Å². The van der Waals surface area contributed by atoms with Crippen molar-refractivity contribution in [1.82, 2.24) is 9.55 Å². The average molecular weight is 318 g/mol. The Morgan fingerprint density at radius 3 is 2.71 bits per heavy atom. The largest absolute Gasteiger partial charge is 0.310 e. The van der Waals surface area contributed by atoms with Gasteiger partial charge < -0.3 is 4.57 Å². The van der Waals surface area contributed by atoms with Gasteiger partial charge in [-0.1, -0.05) is 17.7 Å². The van der Waals surface area contributed by atoms with Crippen LogP contribution in [0.1, 0.15) is 34.0 Å². The van der Waals surface area contributed by atoms with Gasteiger partial charge in [-0.15, -0.1) is 0 Å². The van der Waals surface area contributed by atoms with Crippen LogP contribution in [0.5, 0.6) is 0 Å². The summed E-state index contributed by atoms with van der Waals surface area (Å²) < 4.78 is 1.93. The molecule has 0 aliphatic carbocycles. The van der Waals surface area contributed by atoms with Crippen molar-refractivity contribution in [2.24, 2.45) is 0 Å². The van der Waals surface area contributed by atoms with E-state index in [1.165, 1.54) is 0 Å². The molecule has 2 aromatic carbocycles. The molecule has 1 amide bonds. The molecule has 1 heterocycles. The van der Waals surface area contributed by atoms with Crippen molar-refractivity contribution >= 4 is 22.9 Å². The summed E-state index contributed by atoms with van der Waals surface area (Å²) in [6.45, 7) is 6.58. The zero-order valence-corrected chi connectivity index (χ0v) is 13.9. The van der Waals surface area contributed by atoms with Gasteiger partial charge in [0, 0.05) is 12.1 Å². The summed E-state index contributed by atoms with van der Waals surface area (Å²) in [5.41, 5.74) is 4.83. The van der Waals surface area contributed by atoms with Crippen LogP contribution < -0.4 is 5.32 Å². The Hall–Kier alpha value is -3.13. The summed E-state index contributed by atoms with van der Waals surface area (Å²) in [6, 6.07) is 13.2. The van der Waals surface area contributed by atoms with Crippen molar-refractivity contribution in [3.63, 3.8) is 0 Å². The van der Waals surface area contributed by atoms with E-state index in [1.54, 1.807) is 12.1 Å². The predicted octanol–water partition coefficient (Wildman–Crippen LogP) is 3.80. The van der Waals surface area contributed by atoms with Crippen molar-refractivity contribution in [2.75, 3.05) is 5.32 Å². The number of rotatable bonds is 3. The van der Waals surface area contributed by atoms with Gasteiger partial charge in [-0.3, -0.25) is 10.1 Å². The maximum Gasteiger partial charge on any atom is 0.258 e. The first-order valence-corrected chi connectivity index (χ1v) is 7.82. The van der Waals surface area contributed by atoms with Crippen LogP contribution in [0.3, 0.4) is 0 Å². The Kier molecular flexibility index (Phi) is 4.05. The minimum Gasteiger partial charge on any atom is -0.310 e. The third-order valence-electron chi connectivity index (χ3n) is 4.05. The minimum atomic E-state index is -0.182. The highest BCUT2D eigenvalue weighted by Gasteiger charge is 2.15. The number of fused-ring (bicyclic) bond motifs is 1. The van der Waals surface area contributed by atoms with E-state index < -0.39 is 0 Å². The van der Waals surface area contributed by atoms with Gasteiger partial charge in [-0.2, -0.15) is 5.26 Å². The highest BCUT2D eigenvalue weighted by atomic mass is 16.1. The molecule has 3 rings (SSSR count). The van der Waals surface area contributed by atoms with Crippen molar-refractivity contribution in [2.45, 2.75) is 27.3 Å². The molecular formula is C19H18N4O. The number of nitrogens with one attached hydrogen (secondary N) is 1. The molecule has 1 aromatic heterocycles. The monoisotopic (exact) mass is 318 g/mol. The Labute approximate surface area is 140 Å². The molecule has 0 radical (unpaired) electrons. The number of carbonyl (C=O) groups excluding carboxylic acids is 1. The number of carbonyl (C=O) groups is 1. The van der Waals surface area contributed by atoms with Gasteiger partial charge in [-0.25, -0.2) is 4.98 Å². The van der Waals surface area contributed by atoms with Gasteiger partial charge in [0.1, 0.15) is 0 Å². The molecule has 5 nitrogen and oxygen atoms in total. The lowest BCUT2D eigenvalue weighted by atomic mass is 10.1. The van der Waals surface area contributed by atoms with Crippen molar-refractivity contribution in [3.8, 4) is 6.07 Å². The van der Waals surface area contributed by atoms with Gasteiger partial charge in [0.05, 0.1) is 22.7 Å². The molecule has 0 spiro atoms. The van der Waals surface area contributed by atoms with Crippen LogP contribution in [0, 0.1) is 25.2 Å². The zero-order valence-electron chi connectivity index (χ0n) is 13.9. The number of imidazole rings is 1. The Balaban J connectivity index is 2.00. The van der Waals surface area contributed by atoms with Crippen LogP contribution in [-0.4, -0.2) is 15.5 Å². The molecule has 0 saturated carbocycles. The first-order chi connectivity index (χ1) is 11.5. The highest BCUT2D eigenvalue weighted by Crippen LogP contribution is 2.22. The molecule has 0 bridgehead atoms. The van der Waals surface area contributed by atoms with Crippen LogP contribution in [0.2, 0.25) is 0 Å². The minimum absolute atomic E-state index is 0.182. The van der Waals surface area contributed by atoms with Crippen LogP contribution in [-0.2, 0) is 6.54 Å². The maximum atomic E-state index is 12.6. The molecule has 5 heteroatoms. The van der Waals surface area contributed by atoms with E-state index >= 15 is 0 Å². The maximum absolute atomic E-state index is 12.6. The fourth-order valence-electron chi connectivity index (χ4n) is 2.85. The van der Waals surface area contributed by atoms with E-state index in [0.29, 0.717) is 29.1 Å². The fraction of sp³-hybridized carbons (Fsp3) is 0.211. The molecule has 0 fully saturated rings. The quantitative estimate of drug-likeness (QED) is 0.798. The smallest absolute Gasteiger partial charge is 0.258 e. The van der Waals surface area contributed by atoms with Crippen LogP contribution in [0.25, 0.3) is 11.0 Å². The van der Waals surface area contributed by atoms with E-state index in [2.05, 4.69) is 16.4 Å². The van der Waals surface area contributed by atoms with Crippen molar-refractivity contribution in [3.05, 3.63) is 58.7 Å². The van der Waals surface area contributed by atoms with Gasteiger partial charge in [0.2, 0.25) is 5.95 Å². The number of amides is 1. The zero-order chi connectivity index (χ0) is 17.3. The molecule has 0 atom stereocenters. The predicted molar refractivity (Wildman–Crippen MR) is 94.0 cm³/mol. The average Bonchev–Trinajstić information content (AvgIpc) is 2.90. The van der Waals surface area contributed by atoms with Gasteiger partial charge >= 0.3 is 0 Å². The number of hydrogen-bond acceptors (Lipinski definition) is 3. The molecule has 0 aliphatic rings. The molecule has 24 heavy (non-hydrogen) atoms. The first-order valence-electron chi connectivity index (χ1n) is 7.82. The topological polar surface area (TPSA) is 70.7 Å². The summed E-state index contributed by atoms with van der Waals surface area (Å²) in [5, 5.41) is 11.9. The number of aromatic nitrogens is 2. The second-order valence-electron chi connectivity index (χ2n) is 5.77. The van der Waals surface area contributed by atoms with Crippen LogP contribution in [0.4, 0.5) is 5.95 Å².